The molecule has 0 saturated heterocycles. The van der Waals surface area contributed by atoms with E-state index in [1.165, 1.54) is 24.5 Å². The summed E-state index contributed by atoms with van der Waals surface area (Å²) in [6.07, 6.45) is 7.66. The first-order chi connectivity index (χ1) is 9.93. The van der Waals surface area contributed by atoms with Crippen LogP contribution in [0.1, 0.15) is 44.1 Å². The van der Waals surface area contributed by atoms with Gasteiger partial charge in [-0.1, -0.05) is 25.7 Å². The minimum absolute atomic E-state index is 0.279. The summed E-state index contributed by atoms with van der Waals surface area (Å²) in [6, 6.07) is 0. The van der Waals surface area contributed by atoms with Crippen molar-refractivity contribution in [3.05, 3.63) is 32.6 Å². The molecule has 2 N–H and O–H groups in total. The van der Waals surface area contributed by atoms with Gasteiger partial charge in [-0.25, -0.2) is 4.79 Å². The maximum Gasteiger partial charge on any atom is 0.330 e. The van der Waals surface area contributed by atoms with Crippen molar-refractivity contribution in [3.63, 3.8) is 0 Å². The number of nitrogens with one attached hydrogen (secondary N) is 1. The van der Waals surface area contributed by atoms with E-state index < -0.39 is 5.60 Å². The Hall–Kier alpha value is -1.40. The van der Waals surface area contributed by atoms with Crippen LogP contribution in [0.4, 0.5) is 0 Å². The normalized spacial score (nSPS) is 18.4. The zero-order chi connectivity index (χ0) is 15.5. The summed E-state index contributed by atoms with van der Waals surface area (Å²) >= 11 is 0. The van der Waals surface area contributed by atoms with E-state index in [2.05, 4.69) is 5.32 Å². The fourth-order valence-electron chi connectivity index (χ4n) is 3.00. The van der Waals surface area contributed by atoms with Gasteiger partial charge in [-0.2, -0.15) is 0 Å². The van der Waals surface area contributed by atoms with Crippen LogP contribution in [0.2, 0.25) is 0 Å². The van der Waals surface area contributed by atoms with Crippen molar-refractivity contribution in [1.29, 1.82) is 0 Å². The first-order valence-corrected chi connectivity index (χ1v) is 7.62. The second-order valence-electron chi connectivity index (χ2n) is 6.15. The van der Waals surface area contributed by atoms with Crippen LogP contribution < -0.4 is 16.6 Å². The molecule has 0 aliphatic heterocycles. The molecule has 0 atom stereocenters. The van der Waals surface area contributed by atoms with Crippen LogP contribution in [0.3, 0.4) is 0 Å². The van der Waals surface area contributed by atoms with Crippen molar-refractivity contribution in [1.82, 2.24) is 14.5 Å². The highest BCUT2D eigenvalue weighted by Crippen LogP contribution is 2.26. The predicted molar refractivity (Wildman–Crippen MR) is 81.3 cm³/mol. The van der Waals surface area contributed by atoms with Gasteiger partial charge in [0, 0.05) is 38.9 Å². The third-order valence-corrected chi connectivity index (χ3v) is 4.32. The Morgan fingerprint density at radius 3 is 2.43 bits per heavy atom. The van der Waals surface area contributed by atoms with Gasteiger partial charge in [0.1, 0.15) is 0 Å². The van der Waals surface area contributed by atoms with Crippen LogP contribution in [0, 0.1) is 0 Å². The number of nitrogens with zero attached hydrogens (tertiary/aromatic N) is 2. The lowest BCUT2D eigenvalue weighted by atomic mass is 9.94. The Bertz CT molecular complexity index is 595. The fraction of sp³-hybridized carbons (Fsp3) is 0.733. The summed E-state index contributed by atoms with van der Waals surface area (Å²) in [6.45, 7) is 0.849. The summed E-state index contributed by atoms with van der Waals surface area (Å²) in [5, 5.41) is 13.7. The largest absolute Gasteiger partial charge is 0.389 e. The maximum atomic E-state index is 12.0. The second-order valence-corrected chi connectivity index (χ2v) is 6.15. The number of aryl methyl sites for hydroxylation is 1. The Balaban J connectivity index is 2.00. The van der Waals surface area contributed by atoms with Gasteiger partial charge >= 0.3 is 5.69 Å². The smallest absolute Gasteiger partial charge is 0.330 e. The standard InChI is InChI=1S/C15H25N3O3/c1-17-10-12(13(19)18(2)14(17)20)9-16-11-15(21)7-5-3-4-6-8-15/h10,16,21H,3-9,11H2,1-2H3. The Morgan fingerprint density at radius 1 is 1.19 bits per heavy atom. The number of aromatic nitrogens is 2. The monoisotopic (exact) mass is 295 g/mol. The molecule has 2 rings (SSSR count). The highest BCUT2D eigenvalue weighted by Gasteiger charge is 2.27. The highest BCUT2D eigenvalue weighted by atomic mass is 16.3. The van der Waals surface area contributed by atoms with Crippen molar-refractivity contribution in [2.45, 2.75) is 50.7 Å². The van der Waals surface area contributed by atoms with Crippen molar-refractivity contribution in [2.75, 3.05) is 6.54 Å². The average Bonchev–Trinajstić information content (AvgIpc) is 2.67. The molecule has 1 fully saturated rings. The molecule has 1 aliphatic rings. The van der Waals surface area contributed by atoms with Crippen LogP contribution in [0.5, 0.6) is 0 Å². The van der Waals surface area contributed by atoms with E-state index in [1.807, 2.05) is 0 Å². The molecule has 0 unspecified atom stereocenters. The number of hydrogen-bond donors (Lipinski definition) is 2. The minimum atomic E-state index is -0.664. The summed E-state index contributed by atoms with van der Waals surface area (Å²) < 4.78 is 2.51. The minimum Gasteiger partial charge on any atom is -0.389 e. The maximum absolute atomic E-state index is 12.0. The van der Waals surface area contributed by atoms with Crippen LogP contribution in [-0.2, 0) is 20.6 Å². The molecule has 1 saturated carbocycles. The van der Waals surface area contributed by atoms with E-state index in [4.69, 9.17) is 0 Å². The first kappa shape index (κ1) is 16.0. The van der Waals surface area contributed by atoms with Crippen molar-refractivity contribution < 1.29 is 5.11 Å². The summed E-state index contributed by atoms with van der Waals surface area (Å²) in [7, 11) is 3.11. The molecular weight excluding hydrogens is 270 g/mol. The molecule has 0 bridgehead atoms. The Kier molecular flexibility index (Phi) is 5.00. The third kappa shape index (κ3) is 3.83. The van der Waals surface area contributed by atoms with E-state index in [9.17, 15) is 14.7 Å². The quantitative estimate of drug-likeness (QED) is 0.781. The Labute approximate surface area is 124 Å². The number of hydrogen-bond acceptors (Lipinski definition) is 4. The van der Waals surface area contributed by atoms with Crippen LogP contribution >= 0.6 is 0 Å². The van der Waals surface area contributed by atoms with E-state index in [-0.39, 0.29) is 11.2 Å². The van der Waals surface area contributed by atoms with Gasteiger partial charge in [0.2, 0.25) is 0 Å². The molecule has 6 heteroatoms. The Morgan fingerprint density at radius 2 is 1.81 bits per heavy atom. The van der Waals surface area contributed by atoms with Crippen molar-refractivity contribution in [3.8, 4) is 0 Å². The predicted octanol–water partition coefficient (Wildman–Crippen LogP) is 0.259. The van der Waals surface area contributed by atoms with E-state index in [0.717, 1.165) is 30.3 Å². The van der Waals surface area contributed by atoms with E-state index in [1.54, 1.807) is 13.2 Å². The fourth-order valence-corrected chi connectivity index (χ4v) is 3.00. The molecule has 1 aliphatic carbocycles. The van der Waals surface area contributed by atoms with Gasteiger partial charge in [-0.3, -0.25) is 9.36 Å². The number of aliphatic hydroxyl groups is 1. The lowest BCUT2D eigenvalue weighted by Crippen LogP contribution is -2.43. The van der Waals surface area contributed by atoms with Crippen molar-refractivity contribution in [2.24, 2.45) is 14.1 Å². The SMILES string of the molecule is Cn1cc(CNCC2(O)CCCCCC2)c(=O)n(C)c1=O. The molecule has 118 valence electrons. The first-order valence-electron chi connectivity index (χ1n) is 7.62. The molecule has 21 heavy (non-hydrogen) atoms. The van der Waals surface area contributed by atoms with E-state index in [0.29, 0.717) is 18.7 Å². The number of rotatable bonds is 4. The summed E-state index contributed by atoms with van der Waals surface area (Å²) in [5.74, 6) is 0. The topological polar surface area (TPSA) is 76.3 Å². The van der Waals surface area contributed by atoms with Gasteiger partial charge in [-0.15, -0.1) is 0 Å². The molecule has 0 amide bonds. The molecule has 0 aromatic carbocycles. The zero-order valence-corrected chi connectivity index (χ0v) is 12.9. The highest BCUT2D eigenvalue weighted by molar-refractivity contribution is 5.05. The zero-order valence-electron chi connectivity index (χ0n) is 12.9. The molecule has 1 heterocycles. The van der Waals surface area contributed by atoms with Crippen LogP contribution in [-0.4, -0.2) is 26.4 Å². The summed E-state index contributed by atoms with van der Waals surface area (Å²) in [4.78, 5) is 23.6. The van der Waals surface area contributed by atoms with E-state index >= 15 is 0 Å². The van der Waals surface area contributed by atoms with Crippen LogP contribution in [0.25, 0.3) is 0 Å². The molecule has 1 aromatic rings. The van der Waals surface area contributed by atoms with Gasteiger partial charge in [-0.05, 0) is 12.8 Å². The van der Waals surface area contributed by atoms with Gasteiger partial charge in [0.15, 0.2) is 0 Å². The lowest BCUT2D eigenvalue weighted by Gasteiger charge is -2.27. The molecule has 1 aromatic heterocycles. The second kappa shape index (κ2) is 6.58. The average molecular weight is 295 g/mol. The molecular formula is C15H25N3O3. The van der Waals surface area contributed by atoms with Gasteiger partial charge in [0.05, 0.1) is 5.60 Å². The summed E-state index contributed by atoms with van der Waals surface area (Å²) in [5.41, 5.74) is -0.732. The van der Waals surface area contributed by atoms with Crippen molar-refractivity contribution >= 4 is 0 Å². The van der Waals surface area contributed by atoms with Gasteiger partial charge in [0.25, 0.3) is 5.56 Å². The third-order valence-electron chi connectivity index (χ3n) is 4.32. The lowest BCUT2D eigenvalue weighted by molar-refractivity contribution is 0.0250. The van der Waals surface area contributed by atoms with Gasteiger partial charge < -0.3 is 15.0 Å². The molecule has 6 nitrogen and oxygen atoms in total. The molecule has 0 radical (unpaired) electrons. The molecule has 0 spiro atoms. The van der Waals surface area contributed by atoms with Crippen LogP contribution in [0.15, 0.2) is 15.8 Å².